The Morgan fingerprint density at radius 2 is 1.96 bits per heavy atom. The number of benzene rings is 2. The molecule has 0 aliphatic heterocycles. The van der Waals surface area contributed by atoms with Crippen LogP contribution in [0.1, 0.15) is 24.1 Å². The summed E-state index contributed by atoms with van der Waals surface area (Å²) in [6.07, 6.45) is 2.99. The van der Waals surface area contributed by atoms with Crippen molar-refractivity contribution in [3.63, 3.8) is 0 Å². The second kappa shape index (κ2) is 8.45. The van der Waals surface area contributed by atoms with Gasteiger partial charge in [0.2, 0.25) is 0 Å². The molecule has 0 aliphatic rings. The Kier molecular flexibility index (Phi) is 5.81. The molecule has 132 valence electrons. The topological polar surface area (TPSA) is 55.4 Å². The van der Waals surface area contributed by atoms with Gasteiger partial charge in [0.15, 0.2) is 6.61 Å². The molecule has 3 aromatic rings. The summed E-state index contributed by atoms with van der Waals surface area (Å²) in [5.74, 6) is -0.869. The second-order valence-corrected chi connectivity index (χ2v) is 6.64. The number of hydrogen-bond acceptors (Lipinski definition) is 4. The molecule has 1 N–H and O–H groups in total. The molecule has 5 heteroatoms. The van der Waals surface area contributed by atoms with E-state index in [4.69, 9.17) is 4.74 Å². The molecule has 0 radical (unpaired) electrons. The van der Waals surface area contributed by atoms with Gasteiger partial charge in [-0.25, -0.2) is 4.79 Å². The maximum atomic E-state index is 12.1. The Labute approximate surface area is 156 Å². The molecule has 0 saturated heterocycles. The third kappa shape index (κ3) is 4.58. The zero-order valence-corrected chi connectivity index (χ0v) is 15.2. The standard InChI is InChI=1S/C21H19NO3S/c1-15(18-8-4-6-17-5-2-3-7-19(17)18)22-20(23)13-25-21(24)10-9-16-11-12-26-14-16/h2-12,14-15H,13H2,1H3,(H,22,23)/b10-9+/t15-/m0/s1. The number of ether oxygens (including phenoxy) is 1. The summed E-state index contributed by atoms with van der Waals surface area (Å²) in [5, 5.41) is 8.93. The maximum absolute atomic E-state index is 12.1. The highest BCUT2D eigenvalue weighted by Crippen LogP contribution is 2.23. The molecule has 1 aromatic heterocycles. The first kappa shape index (κ1) is 17.9. The van der Waals surface area contributed by atoms with Crippen LogP contribution in [0.2, 0.25) is 0 Å². The molecule has 0 unspecified atom stereocenters. The van der Waals surface area contributed by atoms with Gasteiger partial charge in [-0.15, -0.1) is 0 Å². The molecule has 0 aliphatic carbocycles. The van der Waals surface area contributed by atoms with E-state index in [1.54, 1.807) is 17.4 Å². The van der Waals surface area contributed by atoms with Crippen molar-refractivity contribution in [2.45, 2.75) is 13.0 Å². The minimum absolute atomic E-state index is 0.186. The molecule has 0 fully saturated rings. The van der Waals surface area contributed by atoms with Crippen molar-refractivity contribution in [3.05, 3.63) is 76.5 Å². The van der Waals surface area contributed by atoms with E-state index in [0.29, 0.717) is 0 Å². The Balaban J connectivity index is 1.55. The van der Waals surface area contributed by atoms with Crippen LogP contribution in [0.15, 0.2) is 65.4 Å². The summed E-state index contributed by atoms with van der Waals surface area (Å²) < 4.78 is 4.99. The van der Waals surface area contributed by atoms with Crippen LogP contribution in [0.3, 0.4) is 0 Å². The number of rotatable bonds is 6. The Bertz CT molecular complexity index is 926. The van der Waals surface area contributed by atoms with E-state index in [1.165, 1.54) is 6.08 Å². The Morgan fingerprint density at radius 3 is 2.77 bits per heavy atom. The van der Waals surface area contributed by atoms with Gasteiger partial charge in [0.25, 0.3) is 5.91 Å². The summed E-state index contributed by atoms with van der Waals surface area (Å²) >= 11 is 1.55. The molecular weight excluding hydrogens is 346 g/mol. The van der Waals surface area contributed by atoms with Crippen LogP contribution < -0.4 is 5.32 Å². The van der Waals surface area contributed by atoms with Crippen LogP contribution in [-0.2, 0) is 14.3 Å². The monoisotopic (exact) mass is 365 g/mol. The molecule has 2 aromatic carbocycles. The molecule has 0 spiro atoms. The minimum atomic E-state index is -0.538. The van der Waals surface area contributed by atoms with Crippen molar-refractivity contribution in [3.8, 4) is 0 Å². The van der Waals surface area contributed by atoms with E-state index in [9.17, 15) is 9.59 Å². The van der Waals surface area contributed by atoms with Crippen molar-refractivity contribution < 1.29 is 14.3 Å². The first-order chi connectivity index (χ1) is 12.6. The maximum Gasteiger partial charge on any atom is 0.331 e. The van der Waals surface area contributed by atoms with Crippen LogP contribution in [0, 0.1) is 0 Å². The lowest BCUT2D eigenvalue weighted by molar-refractivity contribution is -0.144. The van der Waals surface area contributed by atoms with Crippen LogP contribution in [0.4, 0.5) is 0 Å². The lowest BCUT2D eigenvalue weighted by atomic mass is 10.00. The third-order valence-corrected chi connectivity index (χ3v) is 4.67. The summed E-state index contributed by atoms with van der Waals surface area (Å²) in [6, 6.07) is 15.7. The van der Waals surface area contributed by atoms with E-state index in [0.717, 1.165) is 21.9 Å². The molecule has 26 heavy (non-hydrogen) atoms. The molecule has 0 saturated carbocycles. The van der Waals surface area contributed by atoms with Gasteiger partial charge in [-0.05, 0) is 51.7 Å². The number of amides is 1. The zero-order chi connectivity index (χ0) is 18.4. The van der Waals surface area contributed by atoms with Crippen LogP contribution in [-0.4, -0.2) is 18.5 Å². The van der Waals surface area contributed by atoms with Crippen molar-refractivity contribution in [1.29, 1.82) is 0 Å². The van der Waals surface area contributed by atoms with E-state index < -0.39 is 5.97 Å². The third-order valence-electron chi connectivity index (χ3n) is 3.97. The summed E-state index contributed by atoms with van der Waals surface area (Å²) in [5.41, 5.74) is 1.96. The molecule has 1 amide bonds. The number of fused-ring (bicyclic) bond motifs is 1. The Morgan fingerprint density at radius 1 is 1.15 bits per heavy atom. The van der Waals surface area contributed by atoms with Crippen LogP contribution in [0.25, 0.3) is 16.8 Å². The quantitative estimate of drug-likeness (QED) is 0.522. The highest BCUT2D eigenvalue weighted by molar-refractivity contribution is 7.08. The van der Waals surface area contributed by atoms with Gasteiger partial charge in [0, 0.05) is 6.08 Å². The predicted molar refractivity (Wildman–Crippen MR) is 105 cm³/mol. The van der Waals surface area contributed by atoms with Gasteiger partial charge >= 0.3 is 5.97 Å². The summed E-state index contributed by atoms with van der Waals surface area (Å²) in [4.78, 5) is 23.8. The van der Waals surface area contributed by atoms with Crippen molar-refractivity contribution in [1.82, 2.24) is 5.32 Å². The zero-order valence-electron chi connectivity index (χ0n) is 14.3. The fourth-order valence-corrected chi connectivity index (χ4v) is 3.34. The first-order valence-electron chi connectivity index (χ1n) is 8.27. The molecule has 3 rings (SSSR count). The average molecular weight is 365 g/mol. The van der Waals surface area contributed by atoms with E-state index in [-0.39, 0.29) is 18.6 Å². The fourth-order valence-electron chi connectivity index (χ4n) is 2.71. The van der Waals surface area contributed by atoms with Gasteiger partial charge in [0.1, 0.15) is 0 Å². The predicted octanol–water partition coefficient (Wildman–Crippen LogP) is 4.34. The minimum Gasteiger partial charge on any atom is -0.452 e. The Hall–Kier alpha value is -2.92. The highest BCUT2D eigenvalue weighted by Gasteiger charge is 2.13. The van der Waals surface area contributed by atoms with Gasteiger partial charge in [0.05, 0.1) is 6.04 Å². The number of thiophene rings is 1. The number of esters is 1. The lowest BCUT2D eigenvalue weighted by Crippen LogP contribution is -2.31. The molecule has 1 atom stereocenters. The van der Waals surface area contributed by atoms with E-state index >= 15 is 0 Å². The summed E-state index contributed by atoms with van der Waals surface area (Å²) in [6.45, 7) is 1.61. The van der Waals surface area contributed by atoms with Crippen molar-refractivity contribution in [2.24, 2.45) is 0 Å². The number of hydrogen-bond donors (Lipinski definition) is 1. The second-order valence-electron chi connectivity index (χ2n) is 5.86. The van der Waals surface area contributed by atoms with Crippen LogP contribution >= 0.6 is 11.3 Å². The van der Waals surface area contributed by atoms with Crippen molar-refractivity contribution in [2.75, 3.05) is 6.61 Å². The number of carbonyl (C=O) groups excluding carboxylic acids is 2. The molecule has 1 heterocycles. The normalized spacial score (nSPS) is 12.2. The molecular formula is C21H19NO3S. The fraction of sp³-hybridized carbons (Fsp3) is 0.143. The SMILES string of the molecule is C[C@H](NC(=O)COC(=O)/C=C/c1ccsc1)c1cccc2ccccc12. The van der Waals surface area contributed by atoms with Crippen molar-refractivity contribution >= 4 is 40.1 Å². The summed E-state index contributed by atoms with van der Waals surface area (Å²) in [7, 11) is 0. The molecule has 4 nitrogen and oxygen atoms in total. The van der Waals surface area contributed by atoms with E-state index in [2.05, 4.69) is 5.32 Å². The van der Waals surface area contributed by atoms with Crippen LogP contribution in [0.5, 0.6) is 0 Å². The number of nitrogens with one attached hydrogen (secondary N) is 1. The molecule has 0 bridgehead atoms. The van der Waals surface area contributed by atoms with E-state index in [1.807, 2.05) is 66.2 Å². The largest absolute Gasteiger partial charge is 0.452 e. The highest BCUT2D eigenvalue weighted by atomic mass is 32.1. The average Bonchev–Trinajstić information content (AvgIpc) is 3.18. The van der Waals surface area contributed by atoms with Gasteiger partial charge in [-0.3, -0.25) is 4.79 Å². The van der Waals surface area contributed by atoms with Gasteiger partial charge in [-0.1, -0.05) is 42.5 Å². The first-order valence-corrected chi connectivity index (χ1v) is 9.22. The van der Waals surface area contributed by atoms with Gasteiger partial charge in [-0.2, -0.15) is 11.3 Å². The van der Waals surface area contributed by atoms with Gasteiger partial charge < -0.3 is 10.1 Å². The number of carbonyl (C=O) groups is 2. The smallest absolute Gasteiger partial charge is 0.331 e. The lowest BCUT2D eigenvalue weighted by Gasteiger charge is -2.16.